The van der Waals surface area contributed by atoms with Gasteiger partial charge in [-0.2, -0.15) is 0 Å². The van der Waals surface area contributed by atoms with Crippen molar-refractivity contribution in [2.24, 2.45) is 5.92 Å². The van der Waals surface area contributed by atoms with Crippen LogP contribution in [0.4, 0.5) is 11.6 Å². The van der Waals surface area contributed by atoms with Crippen LogP contribution in [0, 0.1) is 5.92 Å². The maximum Gasteiger partial charge on any atom is 0.150 e. The van der Waals surface area contributed by atoms with Crippen molar-refractivity contribution in [3.8, 4) is 0 Å². The molecule has 0 radical (unpaired) electrons. The molecule has 0 saturated carbocycles. The molecule has 21 heavy (non-hydrogen) atoms. The van der Waals surface area contributed by atoms with Crippen molar-refractivity contribution >= 4 is 34.8 Å². The van der Waals surface area contributed by atoms with Gasteiger partial charge in [0.25, 0.3) is 0 Å². The fraction of sp³-hybridized carbons (Fsp3) is 0.667. The van der Waals surface area contributed by atoms with Crippen LogP contribution in [0.3, 0.4) is 0 Å². The van der Waals surface area contributed by atoms with E-state index in [4.69, 9.17) is 27.9 Å². The average molecular weight is 334 g/mol. The quantitative estimate of drug-likeness (QED) is 0.730. The second kappa shape index (κ2) is 9.34. The molecule has 0 aromatic carbocycles. The Balaban J connectivity index is 3.04. The molecule has 120 valence electrons. The molecule has 0 saturated heterocycles. The summed E-state index contributed by atoms with van der Waals surface area (Å²) in [6.07, 6.45) is 1.01. The van der Waals surface area contributed by atoms with Gasteiger partial charge in [0.15, 0.2) is 0 Å². The molecule has 1 aromatic heterocycles. The van der Waals surface area contributed by atoms with Gasteiger partial charge in [0, 0.05) is 26.7 Å². The molecule has 0 atom stereocenters. The van der Waals surface area contributed by atoms with Gasteiger partial charge >= 0.3 is 0 Å². The monoisotopic (exact) mass is 333 g/mol. The van der Waals surface area contributed by atoms with Crippen LogP contribution in [-0.2, 0) is 4.74 Å². The number of hydrogen-bond acceptors (Lipinski definition) is 4. The summed E-state index contributed by atoms with van der Waals surface area (Å²) >= 11 is 12.5. The predicted octanol–water partition coefficient (Wildman–Crippen LogP) is 4.32. The van der Waals surface area contributed by atoms with Crippen LogP contribution in [0.15, 0.2) is 6.07 Å². The number of halogens is 2. The highest BCUT2D eigenvalue weighted by molar-refractivity contribution is 6.37. The van der Waals surface area contributed by atoms with Crippen molar-refractivity contribution < 1.29 is 4.74 Å². The van der Waals surface area contributed by atoms with Gasteiger partial charge in [0.1, 0.15) is 11.6 Å². The Bertz CT molecular complexity index is 441. The van der Waals surface area contributed by atoms with Crippen LogP contribution in [0.5, 0.6) is 0 Å². The maximum absolute atomic E-state index is 6.34. The molecular formula is C15H25Cl2N3O. The van der Waals surface area contributed by atoms with Gasteiger partial charge in [-0.1, -0.05) is 44.0 Å². The highest BCUT2D eigenvalue weighted by Crippen LogP contribution is 2.31. The van der Waals surface area contributed by atoms with E-state index in [-0.39, 0.29) is 0 Å². The van der Waals surface area contributed by atoms with E-state index in [1.807, 2.05) is 0 Å². The van der Waals surface area contributed by atoms with E-state index in [1.165, 1.54) is 0 Å². The van der Waals surface area contributed by atoms with E-state index >= 15 is 0 Å². The summed E-state index contributed by atoms with van der Waals surface area (Å²) in [5.74, 6) is 1.94. The van der Waals surface area contributed by atoms with Crippen molar-refractivity contribution in [1.82, 2.24) is 4.98 Å². The van der Waals surface area contributed by atoms with Gasteiger partial charge in [0.05, 0.1) is 16.7 Å². The Hall–Kier alpha value is -0.710. The average Bonchev–Trinajstić information content (AvgIpc) is 2.42. The molecule has 0 aliphatic rings. The SMILES string of the molecule is CCCNc1nc(N(CCOC)CC(C)C)c(Cl)cc1Cl. The number of aromatic nitrogens is 1. The summed E-state index contributed by atoms with van der Waals surface area (Å²) in [6, 6.07) is 1.75. The van der Waals surface area contributed by atoms with Gasteiger partial charge in [-0.25, -0.2) is 4.98 Å². The Kier molecular flexibility index (Phi) is 8.15. The highest BCUT2D eigenvalue weighted by Gasteiger charge is 2.16. The zero-order valence-electron chi connectivity index (χ0n) is 13.2. The first kappa shape index (κ1) is 18.3. The molecule has 4 nitrogen and oxygen atoms in total. The van der Waals surface area contributed by atoms with Crippen molar-refractivity contribution in [2.75, 3.05) is 43.6 Å². The summed E-state index contributed by atoms with van der Waals surface area (Å²) in [5, 5.41) is 4.35. The van der Waals surface area contributed by atoms with E-state index in [2.05, 4.69) is 36.0 Å². The minimum atomic E-state index is 0.502. The lowest BCUT2D eigenvalue weighted by molar-refractivity contribution is 0.204. The largest absolute Gasteiger partial charge is 0.383 e. The minimum absolute atomic E-state index is 0.502. The molecule has 0 bridgehead atoms. The zero-order valence-corrected chi connectivity index (χ0v) is 14.8. The van der Waals surface area contributed by atoms with Gasteiger partial charge in [-0.15, -0.1) is 0 Å². The molecule has 1 heterocycles. The number of nitrogens with zero attached hydrogens (tertiary/aromatic N) is 2. The third kappa shape index (κ3) is 5.89. The molecule has 0 spiro atoms. The Morgan fingerprint density at radius 1 is 1.33 bits per heavy atom. The number of pyridine rings is 1. The normalized spacial score (nSPS) is 11.0. The molecule has 0 unspecified atom stereocenters. The summed E-state index contributed by atoms with van der Waals surface area (Å²) in [6.45, 7) is 9.50. The topological polar surface area (TPSA) is 37.4 Å². The van der Waals surface area contributed by atoms with E-state index in [0.29, 0.717) is 28.4 Å². The predicted molar refractivity (Wildman–Crippen MR) is 92.0 cm³/mol. The van der Waals surface area contributed by atoms with Crippen LogP contribution in [0.25, 0.3) is 0 Å². The molecule has 1 N–H and O–H groups in total. The Morgan fingerprint density at radius 3 is 2.62 bits per heavy atom. The molecular weight excluding hydrogens is 309 g/mol. The lowest BCUT2D eigenvalue weighted by atomic mass is 10.2. The summed E-state index contributed by atoms with van der Waals surface area (Å²) in [7, 11) is 1.69. The zero-order chi connectivity index (χ0) is 15.8. The van der Waals surface area contributed by atoms with Crippen LogP contribution in [0.2, 0.25) is 10.0 Å². The lowest BCUT2D eigenvalue weighted by Crippen LogP contribution is -2.32. The summed E-state index contributed by atoms with van der Waals surface area (Å²) in [5.41, 5.74) is 0. The van der Waals surface area contributed by atoms with Crippen molar-refractivity contribution in [3.05, 3.63) is 16.1 Å². The summed E-state index contributed by atoms with van der Waals surface area (Å²) < 4.78 is 5.18. The number of anilines is 2. The molecule has 0 fully saturated rings. The standard InChI is InChI=1S/C15H25Cl2N3O/c1-5-6-18-14-12(16)9-13(17)15(19-14)20(7-8-21-4)10-11(2)3/h9,11H,5-8,10H2,1-4H3,(H,18,19). The van der Waals surface area contributed by atoms with Gasteiger partial charge in [-0.3, -0.25) is 0 Å². The van der Waals surface area contributed by atoms with E-state index in [9.17, 15) is 0 Å². The fourth-order valence-electron chi connectivity index (χ4n) is 1.97. The van der Waals surface area contributed by atoms with Gasteiger partial charge in [-0.05, 0) is 18.4 Å². The molecule has 0 aliphatic carbocycles. The maximum atomic E-state index is 6.34. The molecule has 1 rings (SSSR count). The van der Waals surface area contributed by atoms with Gasteiger partial charge in [0.2, 0.25) is 0 Å². The molecule has 1 aromatic rings. The molecule has 0 aliphatic heterocycles. The van der Waals surface area contributed by atoms with E-state index < -0.39 is 0 Å². The Labute approximate surface area is 137 Å². The highest BCUT2D eigenvalue weighted by atomic mass is 35.5. The first-order valence-corrected chi connectivity index (χ1v) is 8.09. The summed E-state index contributed by atoms with van der Waals surface area (Å²) in [4.78, 5) is 6.75. The van der Waals surface area contributed by atoms with Crippen molar-refractivity contribution in [2.45, 2.75) is 27.2 Å². The number of rotatable bonds is 9. The third-order valence-electron chi connectivity index (χ3n) is 2.90. The second-order valence-corrected chi connectivity index (χ2v) is 6.20. The fourth-order valence-corrected chi connectivity index (χ4v) is 2.52. The van der Waals surface area contributed by atoms with Crippen molar-refractivity contribution in [3.63, 3.8) is 0 Å². The van der Waals surface area contributed by atoms with Crippen molar-refractivity contribution in [1.29, 1.82) is 0 Å². The first-order valence-electron chi connectivity index (χ1n) is 7.33. The molecule has 0 amide bonds. The lowest BCUT2D eigenvalue weighted by Gasteiger charge is -2.27. The van der Waals surface area contributed by atoms with Crippen LogP contribution >= 0.6 is 23.2 Å². The van der Waals surface area contributed by atoms with E-state index in [0.717, 1.165) is 31.9 Å². The first-order chi connectivity index (χ1) is 9.99. The number of hydrogen-bond donors (Lipinski definition) is 1. The second-order valence-electron chi connectivity index (χ2n) is 5.38. The van der Waals surface area contributed by atoms with Crippen LogP contribution < -0.4 is 10.2 Å². The van der Waals surface area contributed by atoms with Gasteiger partial charge < -0.3 is 15.0 Å². The van der Waals surface area contributed by atoms with Crippen LogP contribution in [0.1, 0.15) is 27.2 Å². The number of methoxy groups -OCH3 is 1. The van der Waals surface area contributed by atoms with E-state index in [1.54, 1.807) is 13.2 Å². The number of nitrogens with one attached hydrogen (secondary N) is 1. The number of ether oxygens (including phenoxy) is 1. The minimum Gasteiger partial charge on any atom is -0.383 e. The van der Waals surface area contributed by atoms with Crippen LogP contribution in [-0.4, -0.2) is 38.3 Å². The Morgan fingerprint density at radius 2 is 2.05 bits per heavy atom. The smallest absolute Gasteiger partial charge is 0.150 e. The third-order valence-corrected chi connectivity index (χ3v) is 3.47. The molecule has 6 heteroatoms.